The highest BCUT2D eigenvalue weighted by Gasteiger charge is 2.10. The van der Waals surface area contributed by atoms with Crippen LogP contribution in [0.15, 0.2) is 24.3 Å². The van der Waals surface area contributed by atoms with Crippen LogP contribution >= 0.6 is 0 Å². The second-order valence-electron chi connectivity index (χ2n) is 5.16. The summed E-state index contributed by atoms with van der Waals surface area (Å²) in [6, 6.07) is 7.87. The quantitative estimate of drug-likeness (QED) is 0.783. The third kappa shape index (κ3) is 4.11. The molecule has 8 heteroatoms. The number of amides is 2. The fraction of sp³-hybridized carbons (Fsp3) is 0.357. The topological polar surface area (TPSA) is 116 Å². The number of carbonyl (C=O) groups excluding carboxylic acids is 2. The summed E-state index contributed by atoms with van der Waals surface area (Å²) in [6.45, 7) is 3.91. The average Bonchev–Trinajstić information content (AvgIpc) is 2.93. The Labute approximate surface area is 127 Å². The molecular weight excluding hydrogens is 284 g/mol. The molecule has 0 atom stereocenters. The van der Waals surface area contributed by atoms with E-state index in [4.69, 9.17) is 5.73 Å². The third-order valence-corrected chi connectivity index (χ3v) is 3.03. The predicted molar refractivity (Wildman–Crippen MR) is 79.5 cm³/mol. The Morgan fingerprint density at radius 2 is 1.95 bits per heavy atom. The van der Waals surface area contributed by atoms with E-state index in [1.807, 2.05) is 24.3 Å². The third-order valence-electron chi connectivity index (χ3n) is 3.03. The van der Waals surface area contributed by atoms with Gasteiger partial charge in [-0.05, 0) is 16.7 Å². The summed E-state index contributed by atoms with van der Waals surface area (Å²) in [5.74, 6) is -0.117. The molecule has 2 aromatic rings. The highest BCUT2D eigenvalue weighted by molar-refractivity contribution is 5.83. The highest BCUT2D eigenvalue weighted by atomic mass is 16.2. The monoisotopic (exact) mass is 302 g/mol. The number of nitrogens with one attached hydrogen (secondary N) is 1. The predicted octanol–water partition coefficient (Wildman–Crippen LogP) is 0.0650. The molecule has 0 spiro atoms. The maximum atomic E-state index is 11.5. The lowest BCUT2D eigenvalue weighted by Gasteiger charge is -2.04. The van der Waals surface area contributed by atoms with Gasteiger partial charge in [-0.1, -0.05) is 38.1 Å². The van der Waals surface area contributed by atoms with Crippen LogP contribution in [0.25, 0.3) is 11.4 Å². The van der Waals surface area contributed by atoms with Crippen LogP contribution in [0.3, 0.4) is 0 Å². The maximum absolute atomic E-state index is 11.5. The first-order chi connectivity index (χ1) is 10.5. The molecule has 0 aliphatic carbocycles. The van der Waals surface area contributed by atoms with E-state index in [1.165, 1.54) is 10.4 Å². The number of primary amides is 1. The van der Waals surface area contributed by atoms with Gasteiger partial charge >= 0.3 is 0 Å². The molecule has 116 valence electrons. The van der Waals surface area contributed by atoms with Gasteiger partial charge in [0.2, 0.25) is 17.6 Å². The summed E-state index contributed by atoms with van der Waals surface area (Å²) >= 11 is 0. The Morgan fingerprint density at radius 1 is 1.27 bits per heavy atom. The molecule has 0 saturated carbocycles. The van der Waals surface area contributed by atoms with Gasteiger partial charge in [0.25, 0.3) is 0 Å². The van der Waals surface area contributed by atoms with Crippen LogP contribution in [0.5, 0.6) is 0 Å². The van der Waals surface area contributed by atoms with Crippen LogP contribution in [0.2, 0.25) is 0 Å². The average molecular weight is 302 g/mol. The number of nitrogens with zero attached hydrogens (tertiary/aromatic N) is 4. The van der Waals surface area contributed by atoms with Crippen LogP contribution in [0.4, 0.5) is 0 Å². The largest absolute Gasteiger partial charge is 0.368 e. The van der Waals surface area contributed by atoms with Crippen molar-refractivity contribution in [3.63, 3.8) is 0 Å². The summed E-state index contributed by atoms with van der Waals surface area (Å²) in [6.07, 6.45) is 0. The molecule has 2 rings (SSSR count). The fourth-order valence-corrected chi connectivity index (χ4v) is 1.81. The Balaban J connectivity index is 2.01. The molecule has 0 aliphatic rings. The Hall–Kier alpha value is -2.77. The first-order valence-corrected chi connectivity index (χ1v) is 6.89. The van der Waals surface area contributed by atoms with Crippen LogP contribution in [-0.4, -0.2) is 38.6 Å². The molecule has 0 bridgehead atoms. The van der Waals surface area contributed by atoms with E-state index in [0.717, 1.165) is 5.56 Å². The number of benzene rings is 1. The summed E-state index contributed by atoms with van der Waals surface area (Å²) in [5, 5.41) is 14.2. The number of tetrazole rings is 1. The van der Waals surface area contributed by atoms with Crippen LogP contribution < -0.4 is 11.1 Å². The number of hydrogen-bond donors (Lipinski definition) is 2. The SMILES string of the molecule is CC(C)c1ccc(-c2nnn(CC(=O)NCC(N)=O)n2)cc1. The lowest BCUT2D eigenvalue weighted by molar-refractivity contribution is -0.125. The zero-order valence-corrected chi connectivity index (χ0v) is 12.5. The van der Waals surface area contributed by atoms with Gasteiger partial charge in [-0.2, -0.15) is 4.80 Å². The van der Waals surface area contributed by atoms with Gasteiger partial charge < -0.3 is 11.1 Å². The van der Waals surface area contributed by atoms with Crippen molar-refractivity contribution in [2.24, 2.45) is 5.73 Å². The Bertz CT molecular complexity index is 662. The van der Waals surface area contributed by atoms with E-state index in [0.29, 0.717) is 11.7 Å². The molecule has 3 N–H and O–H groups in total. The molecule has 2 amide bonds. The fourth-order valence-electron chi connectivity index (χ4n) is 1.81. The standard InChI is InChI=1S/C14H18N6O2/c1-9(2)10-3-5-11(6-4-10)14-17-19-20(18-14)8-13(22)16-7-12(15)21/h3-6,9H,7-8H2,1-2H3,(H2,15,21)(H,16,22). The number of hydrogen-bond acceptors (Lipinski definition) is 5. The molecule has 0 aliphatic heterocycles. The molecule has 0 saturated heterocycles. The molecule has 8 nitrogen and oxygen atoms in total. The second kappa shape index (κ2) is 6.79. The molecule has 22 heavy (non-hydrogen) atoms. The first kappa shape index (κ1) is 15.6. The molecule has 0 unspecified atom stereocenters. The van der Waals surface area contributed by atoms with Crippen molar-refractivity contribution in [3.05, 3.63) is 29.8 Å². The van der Waals surface area contributed by atoms with Gasteiger partial charge in [-0.25, -0.2) is 0 Å². The Kier molecular flexibility index (Phi) is 4.82. The molecular formula is C14H18N6O2. The zero-order valence-electron chi connectivity index (χ0n) is 12.5. The van der Waals surface area contributed by atoms with Gasteiger partial charge in [0.05, 0.1) is 6.54 Å². The molecule has 0 fully saturated rings. The van der Waals surface area contributed by atoms with Crippen molar-refractivity contribution in [1.82, 2.24) is 25.5 Å². The van der Waals surface area contributed by atoms with Crippen LogP contribution in [-0.2, 0) is 16.1 Å². The Morgan fingerprint density at radius 3 is 2.55 bits per heavy atom. The van der Waals surface area contributed by atoms with E-state index < -0.39 is 11.8 Å². The molecule has 1 heterocycles. The van der Waals surface area contributed by atoms with Crippen LogP contribution in [0, 0.1) is 0 Å². The normalized spacial score (nSPS) is 10.7. The van der Waals surface area contributed by atoms with Gasteiger partial charge in [-0.3, -0.25) is 9.59 Å². The van der Waals surface area contributed by atoms with Crippen molar-refractivity contribution in [1.29, 1.82) is 0 Å². The molecule has 1 aromatic heterocycles. The summed E-state index contributed by atoms with van der Waals surface area (Å²) < 4.78 is 0. The minimum Gasteiger partial charge on any atom is -0.368 e. The van der Waals surface area contributed by atoms with Gasteiger partial charge in [0.15, 0.2) is 0 Å². The van der Waals surface area contributed by atoms with E-state index in [-0.39, 0.29) is 13.1 Å². The summed E-state index contributed by atoms with van der Waals surface area (Å²) in [5.41, 5.74) is 6.99. The van der Waals surface area contributed by atoms with Gasteiger partial charge in [-0.15, -0.1) is 10.2 Å². The maximum Gasteiger partial charge on any atom is 0.244 e. The van der Waals surface area contributed by atoms with Gasteiger partial charge in [0.1, 0.15) is 6.54 Å². The summed E-state index contributed by atoms with van der Waals surface area (Å²) in [7, 11) is 0. The minimum atomic E-state index is -0.606. The van der Waals surface area contributed by atoms with Crippen molar-refractivity contribution in [2.45, 2.75) is 26.3 Å². The van der Waals surface area contributed by atoms with E-state index in [2.05, 4.69) is 34.6 Å². The highest BCUT2D eigenvalue weighted by Crippen LogP contribution is 2.19. The lowest BCUT2D eigenvalue weighted by Crippen LogP contribution is -2.35. The molecule has 1 aromatic carbocycles. The number of rotatable bonds is 6. The molecule has 0 radical (unpaired) electrons. The smallest absolute Gasteiger partial charge is 0.244 e. The number of nitrogens with two attached hydrogens (primary N) is 1. The van der Waals surface area contributed by atoms with Crippen molar-refractivity contribution in [3.8, 4) is 11.4 Å². The first-order valence-electron chi connectivity index (χ1n) is 6.89. The lowest BCUT2D eigenvalue weighted by atomic mass is 10.0. The van der Waals surface area contributed by atoms with E-state index in [9.17, 15) is 9.59 Å². The van der Waals surface area contributed by atoms with Gasteiger partial charge in [0, 0.05) is 5.56 Å². The van der Waals surface area contributed by atoms with E-state index in [1.54, 1.807) is 0 Å². The zero-order chi connectivity index (χ0) is 16.1. The number of aromatic nitrogens is 4. The van der Waals surface area contributed by atoms with Crippen molar-refractivity contribution < 1.29 is 9.59 Å². The second-order valence-corrected chi connectivity index (χ2v) is 5.16. The summed E-state index contributed by atoms with van der Waals surface area (Å²) in [4.78, 5) is 23.3. The minimum absolute atomic E-state index is 0.121. The van der Waals surface area contributed by atoms with E-state index >= 15 is 0 Å². The van der Waals surface area contributed by atoms with Crippen LogP contribution in [0.1, 0.15) is 25.3 Å². The number of carbonyl (C=O) groups is 2. The van der Waals surface area contributed by atoms with Crippen molar-refractivity contribution >= 4 is 11.8 Å². The van der Waals surface area contributed by atoms with Crippen molar-refractivity contribution in [2.75, 3.05) is 6.54 Å².